The van der Waals surface area contributed by atoms with E-state index in [2.05, 4.69) is 27.6 Å². The van der Waals surface area contributed by atoms with Gasteiger partial charge in [-0.1, -0.05) is 90.1 Å². The summed E-state index contributed by atoms with van der Waals surface area (Å²) in [5.41, 5.74) is 5.11. The lowest BCUT2D eigenvalue weighted by Gasteiger charge is -2.11. The van der Waals surface area contributed by atoms with Crippen LogP contribution in [0.5, 0.6) is 0 Å². The molecule has 4 rings (SSSR count). The number of thioether (sulfide) groups is 1. The van der Waals surface area contributed by atoms with E-state index in [9.17, 15) is 4.79 Å². The third kappa shape index (κ3) is 5.13. The highest BCUT2D eigenvalue weighted by atomic mass is 32.2. The monoisotopic (exact) mass is 429 g/mol. The van der Waals surface area contributed by atoms with Crippen LogP contribution in [0.25, 0.3) is 11.4 Å². The Morgan fingerprint density at radius 3 is 2.45 bits per heavy atom. The number of nitrogens with two attached hydrogens (primary N) is 1. The van der Waals surface area contributed by atoms with E-state index < -0.39 is 0 Å². The van der Waals surface area contributed by atoms with Crippen molar-refractivity contribution in [3.8, 4) is 11.4 Å². The summed E-state index contributed by atoms with van der Waals surface area (Å²) in [6, 6.07) is 25.9. The van der Waals surface area contributed by atoms with E-state index in [1.165, 1.54) is 22.0 Å². The van der Waals surface area contributed by atoms with Crippen molar-refractivity contribution in [1.29, 1.82) is 0 Å². The Balaban J connectivity index is 1.40. The Kier molecular flexibility index (Phi) is 6.33. The highest BCUT2D eigenvalue weighted by Gasteiger charge is 2.14. The van der Waals surface area contributed by atoms with Gasteiger partial charge in [0.05, 0.1) is 5.75 Å². The summed E-state index contributed by atoms with van der Waals surface area (Å²) in [5, 5.41) is 11.8. The molecule has 0 fully saturated rings. The third-order valence-corrected chi connectivity index (χ3v) is 5.78. The van der Waals surface area contributed by atoms with E-state index >= 15 is 0 Å². The minimum Gasteiger partial charge on any atom is -0.335 e. The number of aryl methyl sites for hydroxylation is 1. The van der Waals surface area contributed by atoms with Crippen LogP contribution in [0.3, 0.4) is 0 Å². The van der Waals surface area contributed by atoms with Gasteiger partial charge in [-0.2, -0.15) is 0 Å². The Morgan fingerprint density at radius 2 is 1.68 bits per heavy atom. The normalized spacial score (nSPS) is 10.7. The van der Waals surface area contributed by atoms with Crippen LogP contribution < -0.4 is 11.2 Å². The number of hydrogen-bond acceptors (Lipinski definition) is 5. The molecular formula is C24H23N5OS. The molecule has 7 heteroatoms. The Bertz CT molecular complexity index is 1170. The number of hydrogen-bond donors (Lipinski definition) is 2. The number of aromatic nitrogens is 3. The highest BCUT2D eigenvalue weighted by Crippen LogP contribution is 2.23. The van der Waals surface area contributed by atoms with Gasteiger partial charge < -0.3 is 11.2 Å². The number of rotatable bonds is 7. The summed E-state index contributed by atoms with van der Waals surface area (Å²) in [6.45, 7) is 2.02. The van der Waals surface area contributed by atoms with E-state index in [0.717, 1.165) is 28.8 Å². The molecular weight excluding hydrogens is 406 g/mol. The zero-order chi connectivity index (χ0) is 21.6. The van der Waals surface area contributed by atoms with Crippen LogP contribution in [0.15, 0.2) is 84.0 Å². The van der Waals surface area contributed by atoms with Gasteiger partial charge in [-0.25, -0.2) is 4.68 Å². The summed E-state index contributed by atoms with van der Waals surface area (Å²) >= 11 is 1.26. The van der Waals surface area contributed by atoms with Gasteiger partial charge in [0.15, 0.2) is 5.82 Å². The van der Waals surface area contributed by atoms with E-state index in [-0.39, 0.29) is 11.7 Å². The molecule has 3 N–H and O–H groups in total. The molecule has 0 unspecified atom stereocenters. The standard InChI is InChI=1S/C24H23N5OS/c1-17-11-13-19(14-12-17)23-27-28-24(29(23)25)31-16-22(30)26-21-10-6-5-9-20(21)15-18-7-3-2-4-8-18/h2-14H,15-16,25H2,1H3,(H,26,30). The molecule has 0 aliphatic rings. The maximum Gasteiger partial charge on any atom is 0.234 e. The summed E-state index contributed by atoms with van der Waals surface area (Å²) in [5.74, 6) is 6.79. The Morgan fingerprint density at radius 1 is 0.968 bits per heavy atom. The van der Waals surface area contributed by atoms with Crippen LogP contribution in [0.1, 0.15) is 16.7 Å². The van der Waals surface area contributed by atoms with E-state index in [1.54, 1.807) is 0 Å². The number of carbonyl (C=O) groups excluding carboxylic acids is 1. The Hall–Kier alpha value is -3.58. The summed E-state index contributed by atoms with van der Waals surface area (Å²) in [4.78, 5) is 12.6. The highest BCUT2D eigenvalue weighted by molar-refractivity contribution is 7.99. The van der Waals surface area contributed by atoms with Crippen LogP contribution in [-0.4, -0.2) is 26.5 Å². The lowest BCUT2D eigenvalue weighted by Crippen LogP contribution is -2.17. The zero-order valence-electron chi connectivity index (χ0n) is 17.2. The van der Waals surface area contributed by atoms with Crippen molar-refractivity contribution in [2.24, 2.45) is 0 Å². The van der Waals surface area contributed by atoms with Crippen molar-refractivity contribution in [1.82, 2.24) is 14.9 Å². The van der Waals surface area contributed by atoms with Gasteiger partial charge in [-0.15, -0.1) is 10.2 Å². The quantitative estimate of drug-likeness (QED) is 0.338. The first-order valence-electron chi connectivity index (χ1n) is 9.92. The van der Waals surface area contributed by atoms with Crippen LogP contribution >= 0.6 is 11.8 Å². The second-order valence-electron chi connectivity index (χ2n) is 7.20. The maximum atomic E-state index is 12.6. The second kappa shape index (κ2) is 9.49. The molecule has 4 aromatic rings. The smallest absolute Gasteiger partial charge is 0.234 e. The first-order valence-corrected chi connectivity index (χ1v) is 10.9. The van der Waals surface area contributed by atoms with Crippen molar-refractivity contribution >= 4 is 23.4 Å². The number of nitrogens with one attached hydrogen (secondary N) is 1. The van der Waals surface area contributed by atoms with E-state index in [1.807, 2.05) is 73.7 Å². The summed E-state index contributed by atoms with van der Waals surface area (Å²) in [6.07, 6.45) is 0.751. The van der Waals surface area contributed by atoms with Crippen molar-refractivity contribution < 1.29 is 4.79 Å². The molecule has 6 nitrogen and oxygen atoms in total. The average molecular weight is 430 g/mol. The fraction of sp³-hybridized carbons (Fsp3) is 0.125. The lowest BCUT2D eigenvalue weighted by molar-refractivity contribution is -0.113. The lowest BCUT2D eigenvalue weighted by atomic mass is 10.0. The molecule has 31 heavy (non-hydrogen) atoms. The average Bonchev–Trinajstić information content (AvgIpc) is 3.15. The van der Waals surface area contributed by atoms with E-state index in [4.69, 9.17) is 5.84 Å². The van der Waals surface area contributed by atoms with Crippen LogP contribution in [0.2, 0.25) is 0 Å². The number of amides is 1. The minimum absolute atomic E-state index is 0.120. The molecule has 0 aliphatic carbocycles. The largest absolute Gasteiger partial charge is 0.335 e. The summed E-state index contributed by atoms with van der Waals surface area (Å²) in [7, 11) is 0. The number of para-hydroxylation sites is 1. The van der Waals surface area contributed by atoms with Crippen molar-refractivity contribution in [2.45, 2.75) is 18.5 Å². The molecule has 1 amide bonds. The fourth-order valence-corrected chi connectivity index (χ4v) is 3.86. The number of anilines is 1. The van der Waals surface area contributed by atoms with Crippen molar-refractivity contribution in [3.05, 3.63) is 95.6 Å². The molecule has 0 bridgehead atoms. The number of benzene rings is 3. The number of nitrogens with zero attached hydrogens (tertiary/aromatic N) is 3. The topological polar surface area (TPSA) is 85.8 Å². The minimum atomic E-state index is -0.120. The van der Waals surface area contributed by atoms with Crippen LogP contribution in [-0.2, 0) is 11.2 Å². The van der Waals surface area contributed by atoms with Crippen LogP contribution in [0.4, 0.5) is 5.69 Å². The van der Waals surface area contributed by atoms with Crippen molar-refractivity contribution in [2.75, 3.05) is 16.9 Å². The predicted octanol–water partition coefficient (Wildman–Crippen LogP) is 4.29. The van der Waals surface area contributed by atoms with Gasteiger partial charge >= 0.3 is 0 Å². The van der Waals surface area contributed by atoms with Crippen LogP contribution in [0, 0.1) is 6.92 Å². The third-order valence-electron chi connectivity index (χ3n) is 4.84. The van der Waals surface area contributed by atoms with E-state index in [0.29, 0.717) is 11.0 Å². The fourth-order valence-electron chi connectivity index (χ4n) is 3.20. The first kappa shape index (κ1) is 20.7. The number of nitrogen functional groups attached to an aromatic ring is 1. The molecule has 156 valence electrons. The molecule has 0 saturated heterocycles. The molecule has 1 heterocycles. The zero-order valence-corrected chi connectivity index (χ0v) is 18.0. The van der Waals surface area contributed by atoms with Gasteiger partial charge in [0.2, 0.25) is 11.1 Å². The maximum absolute atomic E-state index is 12.6. The van der Waals surface area contributed by atoms with Gasteiger partial charge in [-0.05, 0) is 30.5 Å². The molecule has 0 aliphatic heterocycles. The summed E-state index contributed by atoms with van der Waals surface area (Å²) < 4.78 is 1.42. The Labute approximate surface area is 185 Å². The first-order chi connectivity index (χ1) is 15.1. The SMILES string of the molecule is Cc1ccc(-c2nnc(SCC(=O)Nc3ccccc3Cc3ccccc3)n2N)cc1. The molecule has 0 atom stereocenters. The van der Waals surface area contributed by atoms with Gasteiger partial charge in [0, 0.05) is 11.3 Å². The molecule has 1 aromatic heterocycles. The molecule has 3 aromatic carbocycles. The van der Waals surface area contributed by atoms with Gasteiger partial charge in [0.25, 0.3) is 0 Å². The second-order valence-corrected chi connectivity index (χ2v) is 8.14. The van der Waals surface area contributed by atoms with Crippen molar-refractivity contribution in [3.63, 3.8) is 0 Å². The molecule has 0 radical (unpaired) electrons. The molecule has 0 spiro atoms. The van der Waals surface area contributed by atoms with Gasteiger partial charge in [0.1, 0.15) is 0 Å². The predicted molar refractivity (Wildman–Crippen MR) is 125 cm³/mol. The number of carbonyl (C=O) groups is 1. The molecule has 0 saturated carbocycles. The van der Waals surface area contributed by atoms with Gasteiger partial charge in [-0.3, -0.25) is 4.79 Å².